The molecule has 0 saturated carbocycles. The van der Waals surface area contributed by atoms with Crippen molar-refractivity contribution in [3.63, 3.8) is 0 Å². The summed E-state index contributed by atoms with van der Waals surface area (Å²) in [4.78, 5) is 27.9. The second-order valence-electron chi connectivity index (χ2n) is 5.81. The van der Waals surface area contributed by atoms with Gasteiger partial charge in [-0.15, -0.1) is 0 Å². The number of likely N-dealkylation sites (tertiary alicyclic amines) is 1. The molecule has 0 aromatic carbocycles. The van der Waals surface area contributed by atoms with Gasteiger partial charge in [-0.2, -0.15) is 0 Å². The van der Waals surface area contributed by atoms with Crippen LogP contribution in [-0.4, -0.2) is 47.3 Å². The van der Waals surface area contributed by atoms with Gasteiger partial charge in [0.15, 0.2) is 0 Å². The van der Waals surface area contributed by atoms with E-state index in [-0.39, 0.29) is 23.8 Å². The molecule has 1 atom stereocenters. The summed E-state index contributed by atoms with van der Waals surface area (Å²) in [6, 6.07) is 0.190. The normalized spacial score (nSPS) is 20.1. The van der Waals surface area contributed by atoms with Crippen molar-refractivity contribution in [3.8, 4) is 0 Å². The van der Waals surface area contributed by atoms with Crippen LogP contribution in [0, 0.1) is 11.8 Å². The lowest BCUT2D eigenvalue weighted by atomic mass is 10.1. The van der Waals surface area contributed by atoms with Crippen LogP contribution in [0.1, 0.15) is 41.0 Å². The molecule has 18 heavy (non-hydrogen) atoms. The number of nitrogens with zero attached hydrogens (tertiary/aromatic N) is 2. The number of hydrogen-bond acceptors (Lipinski definition) is 2. The molecule has 1 saturated heterocycles. The maximum Gasteiger partial charge on any atom is 0.227 e. The third-order valence-electron chi connectivity index (χ3n) is 3.41. The molecule has 4 heteroatoms. The molecule has 1 rings (SSSR count). The fraction of sp³-hybridized carbons (Fsp3) is 0.857. The van der Waals surface area contributed by atoms with E-state index < -0.39 is 0 Å². The molecule has 0 radical (unpaired) electrons. The Balaban J connectivity index is 2.65. The van der Waals surface area contributed by atoms with Crippen LogP contribution in [0.2, 0.25) is 0 Å². The summed E-state index contributed by atoms with van der Waals surface area (Å²) in [5.74, 6) is 0.581. The Morgan fingerprint density at radius 1 is 1.39 bits per heavy atom. The standard InChI is InChI=1S/C14H26N2O2/c1-6-15(8-10(2)3)14(18)12-7-13(17)16(9-12)11(4)5/h10-12H,6-9H2,1-5H3. The summed E-state index contributed by atoms with van der Waals surface area (Å²) in [5, 5.41) is 0. The fourth-order valence-corrected chi connectivity index (χ4v) is 2.47. The summed E-state index contributed by atoms with van der Waals surface area (Å²) in [5.41, 5.74) is 0. The highest BCUT2D eigenvalue weighted by Gasteiger charge is 2.37. The van der Waals surface area contributed by atoms with Crippen molar-refractivity contribution in [2.24, 2.45) is 11.8 Å². The molecule has 0 aromatic rings. The highest BCUT2D eigenvalue weighted by Crippen LogP contribution is 2.22. The molecule has 0 aliphatic carbocycles. The van der Waals surface area contributed by atoms with E-state index in [1.165, 1.54) is 0 Å². The second kappa shape index (κ2) is 6.21. The zero-order chi connectivity index (χ0) is 13.9. The lowest BCUT2D eigenvalue weighted by Crippen LogP contribution is -2.40. The van der Waals surface area contributed by atoms with E-state index in [9.17, 15) is 9.59 Å². The van der Waals surface area contributed by atoms with Crippen molar-refractivity contribution in [2.75, 3.05) is 19.6 Å². The number of rotatable bonds is 5. The fourth-order valence-electron chi connectivity index (χ4n) is 2.47. The Bertz CT molecular complexity index is 313. The van der Waals surface area contributed by atoms with E-state index in [4.69, 9.17) is 0 Å². The van der Waals surface area contributed by atoms with Crippen LogP contribution >= 0.6 is 0 Å². The smallest absolute Gasteiger partial charge is 0.227 e. The molecule has 0 N–H and O–H groups in total. The summed E-state index contributed by atoms with van der Waals surface area (Å²) in [7, 11) is 0. The first kappa shape index (κ1) is 15.0. The molecule has 1 unspecified atom stereocenters. The van der Waals surface area contributed by atoms with Crippen LogP contribution in [0.15, 0.2) is 0 Å². The van der Waals surface area contributed by atoms with Crippen molar-refractivity contribution in [1.82, 2.24) is 9.80 Å². The minimum absolute atomic E-state index is 0.115. The van der Waals surface area contributed by atoms with Gasteiger partial charge in [0, 0.05) is 32.1 Å². The molecule has 0 aromatic heterocycles. The van der Waals surface area contributed by atoms with E-state index in [0.717, 1.165) is 13.1 Å². The van der Waals surface area contributed by atoms with Gasteiger partial charge in [-0.05, 0) is 26.7 Å². The molecule has 0 spiro atoms. The Labute approximate surface area is 110 Å². The molecule has 0 bridgehead atoms. The van der Waals surface area contributed by atoms with Gasteiger partial charge >= 0.3 is 0 Å². The first-order valence-corrected chi connectivity index (χ1v) is 6.95. The largest absolute Gasteiger partial charge is 0.342 e. The number of carbonyl (C=O) groups excluding carboxylic acids is 2. The highest BCUT2D eigenvalue weighted by atomic mass is 16.2. The lowest BCUT2D eigenvalue weighted by Gasteiger charge is -2.26. The third kappa shape index (κ3) is 3.47. The maximum atomic E-state index is 12.4. The van der Waals surface area contributed by atoms with Crippen LogP contribution in [0.4, 0.5) is 0 Å². The molecule has 4 nitrogen and oxygen atoms in total. The molecular weight excluding hydrogens is 228 g/mol. The van der Waals surface area contributed by atoms with E-state index in [1.54, 1.807) is 0 Å². The van der Waals surface area contributed by atoms with Crippen LogP contribution in [0.3, 0.4) is 0 Å². The van der Waals surface area contributed by atoms with Crippen LogP contribution in [0.25, 0.3) is 0 Å². The average molecular weight is 254 g/mol. The molecule has 1 aliphatic heterocycles. The van der Waals surface area contributed by atoms with Crippen molar-refractivity contribution >= 4 is 11.8 Å². The van der Waals surface area contributed by atoms with Crippen molar-refractivity contribution in [1.29, 1.82) is 0 Å². The van der Waals surface area contributed by atoms with Crippen molar-refractivity contribution in [2.45, 2.75) is 47.1 Å². The summed E-state index contributed by atoms with van der Waals surface area (Å²) < 4.78 is 0. The van der Waals surface area contributed by atoms with E-state index >= 15 is 0 Å². The predicted molar refractivity (Wildman–Crippen MR) is 72.0 cm³/mol. The van der Waals surface area contributed by atoms with Crippen LogP contribution in [0.5, 0.6) is 0 Å². The molecule has 1 fully saturated rings. The minimum atomic E-state index is -0.140. The minimum Gasteiger partial charge on any atom is -0.342 e. The number of hydrogen-bond donors (Lipinski definition) is 0. The SMILES string of the molecule is CCN(CC(C)C)C(=O)C1CC(=O)N(C(C)C)C1. The van der Waals surface area contributed by atoms with Crippen LogP contribution in [-0.2, 0) is 9.59 Å². The molecule has 1 heterocycles. The van der Waals surface area contributed by atoms with Gasteiger partial charge in [0.25, 0.3) is 0 Å². The monoisotopic (exact) mass is 254 g/mol. The van der Waals surface area contributed by atoms with E-state index in [2.05, 4.69) is 13.8 Å². The van der Waals surface area contributed by atoms with Crippen molar-refractivity contribution in [3.05, 3.63) is 0 Å². The maximum absolute atomic E-state index is 12.4. The predicted octanol–water partition coefficient (Wildman–Crippen LogP) is 1.75. The van der Waals surface area contributed by atoms with Gasteiger partial charge in [0.2, 0.25) is 11.8 Å². The van der Waals surface area contributed by atoms with E-state index in [1.807, 2.05) is 30.6 Å². The summed E-state index contributed by atoms with van der Waals surface area (Å²) in [6.07, 6.45) is 0.381. The van der Waals surface area contributed by atoms with Gasteiger partial charge in [0.05, 0.1) is 5.92 Å². The van der Waals surface area contributed by atoms with Gasteiger partial charge in [-0.25, -0.2) is 0 Å². The zero-order valence-electron chi connectivity index (χ0n) is 12.3. The Hall–Kier alpha value is -1.06. The summed E-state index contributed by atoms with van der Waals surface area (Å²) in [6.45, 7) is 12.3. The Morgan fingerprint density at radius 3 is 2.39 bits per heavy atom. The van der Waals surface area contributed by atoms with Gasteiger partial charge in [0.1, 0.15) is 0 Å². The first-order valence-electron chi connectivity index (χ1n) is 6.95. The van der Waals surface area contributed by atoms with Crippen LogP contribution < -0.4 is 0 Å². The quantitative estimate of drug-likeness (QED) is 0.750. The molecule has 104 valence electrons. The van der Waals surface area contributed by atoms with Gasteiger partial charge in [-0.1, -0.05) is 13.8 Å². The summed E-state index contributed by atoms with van der Waals surface area (Å²) >= 11 is 0. The molecule has 2 amide bonds. The van der Waals surface area contributed by atoms with E-state index in [0.29, 0.717) is 18.9 Å². The zero-order valence-corrected chi connectivity index (χ0v) is 12.3. The molecule has 1 aliphatic rings. The lowest BCUT2D eigenvalue weighted by molar-refractivity contribution is -0.136. The average Bonchev–Trinajstić information content (AvgIpc) is 2.67. The first-order chi connectivity index (χ1) is 8.36. The Morgan fingerprint density at radius 2 is 2.00 bits per heavy atom. The van der Waals surface area contributed by atoms with Crippen molar-refractivity contribution < 1.29 is 9.59 Å². The second-order valence-corrected chi connectivity index (χ2v) is 5.81. The molecular formula is C14H26N2O2. The van der Waals surface area contributed by atoms with Gasteiger partial charge < -0.3 is 9.80 Å². The topological polar surface area (TPSA) is 40.6 Å². The Kier molecular flexibility index (Phi) is 5.17. The van der Waals surface area contributed by atoms with Gasteiger partial charge in [-0.3, -0.25) is 9.59 Å². The number of amides is 2. The highest BCUT2D eigenvalue weighted by molar-refractivity contribution is 5.89. The number of carbonyl (C=O) groups is 2. The third-order valence-corrected chi connectivity index (χ3v) is 3.41.